The number of methoxy groups -OCH3 is 1. The van der Waals surface area contributed by atoms with Crippen molar-refractivity contribution in [3.8, 4) is 0 Å². The predicted octanol–water partition coefficient (Wildman–Crippen LogP) is 2.05. The van der Waals surface area contributed by atoms with Gasteiger partial charge in [-0.05, 0) is 19.1 Å². The van der Waals surface area contributed by atoms with Crippen LogP contribution in [-0.2, 0) is 20.8 Å². The lowest BCUT2D eigenvalue weighted by Crippen LogP contribution is -2.32. The third kappa shape index (κ3) is 4.70. The molecule has 1 aromatic carbocycles. The van der Waals surface area contributed by atoms with Gasteiger partial charge < -0.3 is 14.0 Å². The molecule has 2 rings (SSSR count). The molecule has 0 saturated carbocycles. The summed E-state index contributed by atoms with van der Waals surface area (Å²) in [6.45, 7) is 3.08. The van der Waals surface area contributed by atoms with Crippen LogP contribution in [0.3, 0.4) is 0 Å². The van der Waals surface area contributed by atoms with Crippen molar-refractivity contribution >= 4 is 34.8 Å². The maximum absolute atomic E-state index is 11.7. The smallest absolute Gasteiger partial charge is 0.413 e. The zero-order valence-electron chi connectivity index (χ0n) is 13.1. The SMILES string of the molecule is CCOC(=O)NC(=O)CSc1nc2ccccc2n1CCOC. The van der Waals surface area contributed by atoms with Crippen LogP contribution >= 0.6 is 11.8 Å². The molecule has 23 heavy (non-hydrogen) atoms. The Kier molecular flexibility index (Phi) is 6.42. The third-order valence-corrected chi connectivity index (χ3v) is 3.96. The van der Waals surface area contributed by atoms with Crippen LogP contribution in [0.1, 0.15) is 6.92 Å². The van der Waals surface area contributed by atoms with Gasteiger partial charge in [-0.1, -0.05) is 23.9 Å². The number of aromatic nitrogens is 2. The summed E-state index contributed by atoms with van der Waals surface area (Å²) in [5, 5.41) is 2.88. The molecule has 7 nitrogen and oxygen atoms in total. The molecule has 0 atom stereocenters. The van der Waals surface area contributed by atoms with Gasteiger partial charge in [0.1, 0.15) is 0 Å². The molecule has 124 valence electrons. The number of fused-ring (bicyclic) bond motifs is 1. The highest BCUT2D eigenvalue weighted by atomic mass is 32.2. The maximum Gasteiger partial charge on any atom is 0.413 e. The highest BCUT2D eigenvalue weighted by Crippen LogP contribution is 2.23. The van der Waals surface area contributed by atoms with E-state index >= 15 is 0 Å². The number of hydrogen-bond donors (Lipinski definition) is 1. The quantitative estimate of drug-likeness (QED) is 0.779. The van der Waals surface area contributed by atoms with E-state index < -0.39 is 12.0 Å². The molecule has 1 N–H and O–H groups in total. The van der Waals surface area contributed by atoms with Crippen molar-refractivity contribution in [3.05, 3.63) is 24.3 Å². The van der Waals surface area contributed by atoms with E-state index in [1.165, 1.54) is 11.8 Å². The normalized spacial score (nSPS) is 10.7. The minimum atomic E-state index is -0.731. The number of rotatable bonds is 7. The maximum atomic E-state index is 11.7. The molecule has 0 unspecified atom stereocenters. The van der Waals surface area contributed by atoms with Gasteiger partial charge in [0, 0.05) is 13.7 Å². The van der Waals surface area contributed by atoms with Gasteiger partial charge in [0.2, 0.25) is 5.91 Å². The number of imide groups is 1. The fourth-order valence-corrected chi connectivity index (χ4v) is 2.85. The van der Waals surface area contributed by atoms with Gasteiger partial charge in [-0.15, -0.1) is 0 Å². The largest absolute Gasteiger partial charge is 0.450 e. The van der Waals surface area contributed by atoms with Crippen LogP contribution < -0.4 is 5.32 Å². The minimum Gasteiger partial charge on any atom is -0.450 e. The Morgan fingerprint density at radius 1 is 1.35 bits per heavy atom. The second-order valence-electron chi connectivity index (χ2n) is 4.58. The van der Waals surface area contributed by atoms with Gasteiger partial charge in [0.05, 0.1) is 30.0 Å². The molecule has 1 heterocycles. The first-order chi connectivity index (χ1) is 11.2. The lowest BCUT2D eigenvalue weighted by atomic mass is 10.3. The number of para-hydroxylation sites is 2. The number of nitrogens with one attached hydrogen (secondary N) is 1. The Bertz CT molecular complexity index is 686. The number of imidazole rings is 1. The number of carbonyl (C=O) groups excluding carboxylic acids is 2. The first-order valence-corrected chi connectivity index (χ1v) is 8.18. The van der Waals surface area contributed by atoms with Crippen molar-refractivity contribution in [3.63, 3.8) is 0 Å². The number of nitrogens with zero attached hydrogens (tertiary/aromatic N) is 2. The highest BCUT2D eigenvalue weighted by molar-refractivity contribution is 7.99. The molecule has 8 heteroatoms. The van der Waals surface area contributed by atoms with Crippen molar-refractivity contribution in [2.75, 3.05) is 26.1 Å². The number of ether oxygens (including phenoxy) is 2. The fraction of sp³-hybridized carbons (Fsp3) is 0.400. The van der Waals surface area contributed by atoms with Crippen LogP contribution in [0.25, 0.3) is 11.0 Å². The van der Waals surface area contributed by atoms with Gasteiger partial charge >= 0.3 is 6.09 Å². The van der Waals surface area contributed by atoms with Crippen LogP contribution in [-0.4, -0.2) is 47.6 Å². The number of carbonyl (C=O) groups is 2. The standard InChI is InChI=1S/C15H19N3O4S/c1-3-22-15(20)17-13(19)10-23-14-16-11-6-4-5-7-12(11)18(14)8-9-21-2/h4-7H,3,8-10H2,1-2H3,(H,17,19,20). The fourth-order valence-electron chi connectivity index (χ4n) is 2.01. The summed E-state index contributed by atoms with van der Waals surface area (Å²) in [5.41, 5.74) is 1.84. The summed E-state index contributed by atoms with van der Waals surface area (Å²) < 4.78 is 11.8. The van der Waals surface area contributed by atoms with E-state index in [-0.39, 0.29) is 12.4 Å². The molecule has 0 fully saturated rings. The Hall–Kier alpha value is -2.06. The Labute approximate surface area is 138 Å². The average Bonchev–Trinajstić information content (AvgIpc) is 2.88. The minimum absolute atomic E-state index is 0.0785. The molecule has 0 spiro atoms. The summed E-state index contributed by atoms with van der Waals surface area (Å²) in [4.78, 5) is 27.5. The van der Waals surface area contributed by atoms with Crippen LogP contribution in [0.2, 0.25) is 0 Å². The van der Waals surface area contributed by atoms with Crippen molar-refractivity contribution in [2.45, 2.75) is 18.6 Å². The molecule has 2 aromatic rings. The molecular weight excluding hydrogens is 318 g/mol. The van der Waals surface area contributed by atoms with Gasteiger partial charge in [-0.25, -0.2) is 9.78 Å². The van der Waals surface area contributed by atoms with Gasteiger partial charge in [0.25, 0.3) is 0 Å². The van der Waals surface area contributed by atoms with E-state index in [0.717, 1.165) is 11.0 Å². The number of benzene rings is 1. The van der Waals surface area contributed by atoms with Gasteiger partial charge in [-0.3, -0.25) is 10.1 Å². The number of amides is 2. The lowest BCUT2D eigenvalue weighted by molar-refractivity contribution is -0.117. The molecule has 0 saturated heterocycles. The summed E-state index contributed by atoms with van der Waals surface area (Å²) in [7, 11) is 1.64. The predicted molar refractivity (Wildman–Crippen MR) is 87.5 cm³/mol. The third-order valence-electron chi connectivity index (χ3n) is 2.99. The van der Waals surface area contributed by atoms with Crippen LogP contribution in [0.15, 0.2) is 29.4 Å². The first-order valence-electron chi connectivity index (χ1n) is 7.19. The molecule has 0 aliphatic carbocycles. The van der Waals surface area contributed by atoms with Crippen LogP contribution in [0, 0.1) is 0 Å². The number of alkyl carbamates (subject to hydrolysis) is 1. The van der Waals surface area contributed by atoms with E-state index in [2.05, 4.69) is 15.0 Å². The topological polar surface area (TPSA) is 82.5 Å². The zero-order chi connectivity index (χ0) is 16.7. The first kappa shape index (κ1) is 17.3. The van der Waals surface area contributed by atoms with Crippen molar-refractivity contribution in [1.29, 1.82) is 0 Å². The average molecular weight is 337 g/mol. The van der Waals surface area contributed by atoms with E-state index in [1.54, 1.807) is 14.0 Å². The second kappa shape index (κ2) is 8.54. The number of hydrogen-bond acceptors (Lipinski definition) is 6. The number of thioether (sulfide) groups is 1. The Morgan fingerprint density at radius 3 is 2.87 bits per heavy atom. The molecule has 0 aliphatic rings. The van der Waals surface area contributed by atoms with E-state index in [9.17, 15) is 9.59 Å². The monoisotopic (exact) mass is 337 g/mol. The van der Waals surface area contributed by atoms with E-state index in [1.807, 2.05) is 28.8 Å². The molecular formula is C15H19N3O4S. The Morgan fingerprint density at radius 2 is 2.13 bits per heavy atom. The van der Waals surface area contributed by atoms with Gasteiger partial charge in [-0.2, -0.15) is 0 Å². The summed E-state index contributed by atoms with van der Waals surface area (Å²) in [6, 6.07) is 7.75. The van der Waals surface area contributed by atoms with Crippen molar-refractivity contribution < 1.29 is 19.1 Å². The summed E-state index contributed by atoms with van der Waals surface area (Å²) in [6.07, 6.45) is -0.731. The second-order valence-corrected chi connectivity index (χ2v) is 5.53. The van der Waals surface area contributed by atoms with Crippen molar-refractivity contribution in [2.24, 2.45) is 0 Å². The molecule has 2 amide bonds. The van der Waals surface area contributed by atoms with E-state index in [4.69, 9.17) is 4.74 Å². The molecule has 0 radical (unpaired) electrons. The zero-order valence-corrected chi connectivity index (χ0v) is 13.9. The van der Waals surface area contributed by atoms with Crippen LogP contribution in [0.4, 0.5) is 4.79 Å². The van der Waals surface area contributed by atoms with E-state index in [0.29, 0.717) is 18.3 Å². The molecule has 1 aromatic heterocycles. The van der Waals surface area contributed by atoms with Crippen LogP contribution in [0.5, 0.6) is 0 Å². The highest BCUT2D eigenvalue weighted by Gasteiger charge is 2.14. The lowest BCUT2D eigenvalue weighted by Gasteiger charge is -2.08. The summed E-state index contributed by atoms with van der Waals surface area (Å²) in [5.74, 6) is -0.339. The van der Waals surface area contributed by atoms with Gasteiger partial charge in [0.15, 0.2) is 5.16 Å². The Balaban J connectivity index is 2.06. The van der Waals surface area contributed by atoms with Crippen molar-refractivity contribution in [1.82, 2.24) is 14.9 Å². The molecule has 0 aliphatic heterocycles. The summed E-state index contributed by atoms with van der Waals surface area (Å²) >= 11 is 1.27. The molecule has 0 bridgehead atoms.